The second kappa shape index (κ2) is 9.14. The number of carbonyl (C=O) groups is 1. The first-order chi connectivity index (χ1) is 13.7. The summed E-state index contributed by atoms with van der Waals surface area (Å²) in [6, 6.07) is 17.9. The van der Waals surface area contributed by atoms with Crippen LogP contribution in [0.1, 0.15) is 17.0 Å². The molecule has 2 heterocycles. The molecule has 0 radical (unpaired) electrons. The number of halogens is 1. The van der Waals surface area contributed by atoms with Crippen molar-refractivity contribution >= 4 is 35.4 Å². The first-order valence-corrected chi connectivity index (χ1v) is 8.81. The highest BCUT2D eigenvalue weighted by atomic mass is 35.5. The van der Waals surface area contributed by atoms with Gasteiger partial charge in [-0.3, -0.25) is 15.0 Å². The van der Waals surface area contributed by atoms with E-state index >= 15 is 0 Å². The number of H-pyrrole nitrogens is 1. The molecule has 0 saturated heterocycles. The minimum atomic E-state index is -0.558. The topological polar surface area (TPSA) is 90.9 Å². The van der Waals surface area contributed by atoms with E-state index in [0.29, 0.717) is 6.42 Å². The van der Waals surface area contributed by atoms with Crippen LogP contribution >= 0.6 is 12.4 Å². The molecule has 4 aromatic rings. The fraction of sp³-hybridized carbons (Fsp3) is 0.0455. The monoisotopic (exact) mass is 406 g/mol. The molecular weight excluding hydrogens is 388 g/mol. The van der Waals surface area contributed by atoms with Gasteiger partial charge in [-0.05, 0) is 41.0 Å². The number of pyridine rings is 1. The van der Waals surface area contributed by atoms with Crippen molar-refractivity contribution in [3.05, 3.63) is 90.0 Å². The summed E-state index contributed by atoms with van der Waals surface area (Å²) in [5, 5.41) is 8.50. The maximum absolute atomic E-state index is 11.0. The van der Waals surface area contributed by atoms with Gasteiger partial charge in [-0.1, -0.05) is 36.4 Å². The molecule has 2 aromatic heterocycles. The van der Waals surface area contributed by atoms with Gasteiger partial charge in [0.05, 0.1) is 11.0 Å². The largest absolute Gasteiger partial charge is 0.342 e. The number of benzene rings is 2. The van der Waals surface area contributed by atoms with Crippen molar-refractivity contribution in [1.82, 2.24) is 20.4 Å². The molecule has 6 nitrogen and oxygen atoms in total. The number of hydrogen-bond acceptors (Lipinski definition) is 4. The van der Waals surface area contributed by atoms with Gasteiger partial charge in [-0.25, -0.2) is 10.5 Å². The van der Waals surface area contributed by atoms with Crippen molar-refractivity contribution in [3.63, 3.8) is 0 Å². The fourth-order valence-corrected chi connectivity index (χ4v) is 3.01. The zero-order valence-corrected chi connectivity index (χ0v) is 16.2. The summed E-state index contributed by atoms with van der Waals surface area (Å²) in [6.45, 7) is 0. The SMILES string of the molecule is Cl.O=C(/C=C/c1ccc(Cc2nc3ccc(-c4cccnc4)cc3[nH]2)cc1)NO. The molecule has 0 aliphatic carbocycles. The van der Waals surface area contributed by atoms with Crippen LogP contribution in [0, 0.1) is 0 Å². The zero-order chi connectivity index (χ0) is 19.3. The summed E-state index contributed by atoms with van der Waals surface area (Å²) in [5.41, 5.74) is 7.63. The second-order valence-corrected chi connectivity index (χ2v) is 6.38. The Morgan fingerprint density at radius 3 is 2.66 bits per heavy atom. The number of hydroxylamine groups is 1. The molecule has 0 spiro atoms. The van der Waals surface area contributed by atoms with E-state index in [0.717, 1.165) is 39.1 Å². The first-order valence-electron chi connectivity index (χ1n) is 8.81. The van der Waals surface area contributed by atoms with Crippen LogP contribution < -0.4 is 5.48 Å². The average Bonchev–Trinajstić information content (AvgIpc) is 3.15. The number of fused-ring (bicyclic) bond motifs is 1. The van der Waals surface area contributed by atoms with Crippen LogP contribution in [0.2, 0.25) is 0 Å². The molecule has 1 amide bonds. The Balaban J connectivity index is 0.00000240. The lowest BCUT2D eigenvalue weighted by molar-refractivity contribution is -0.124. The van der Waals surface area contributed by atoms with Crippen LogP contribution in [0.25, 0.3) is 28.2 Å². The number of aromatic nitrogens is 3. The minimum Gasteiger partial charge on any atom is -0.342 e. The van der Waals surface area contributed by atoms with Gasteiger partial charge in [-0.2, -0.15) is 0 Å². The van der Waals surface area contributed by atoms with Crippen LogP contribution in [0.3, 0.4) is 0 Å². The van der Waals surface area contributed by atoms with Gasteiger partial charge in [0.15, 0.2) is 0 Å². The predicted octanol–water partition coefficient (Wildman–Crippen LogP) is 4.16. The maximum Gasteiger partial charge on any atom is 0.267 e. The quantitative estimate of drug-likeness (QED) is 0.264. The normalized spacial score (nSPS) is 10.8. The molecule has 0 fully saturated rings. The van der Waals surface area contributed by atoms with E-state index in [2.05, 4.69) is 21.0 Å². The molecule has 3 N–H and O–H groups in total. The Kier molecular flexibility index (Phi) is 6.39. The molecular formula is C22H19ClN4O2. The van der Waals surface area contributed by atoms with Crippen LogP contribution in [0.4, 0.5) is 0 Å². The van der Waals surface area contributed by atoms with Gasteiger partial charge in [0.25, 0.3) is 5.91 Å². The number of amides is 1. The highest BCUT2D eigenvalue weighted by molar-refractivity contribution is 5.90. The summed E-state index contributed by atoms with van der Waals surface area (Å²) in [6.07, 6.45) is 7.19. The smallest absolute Gasteiger partial charge is 0.267 e. The number of carbonyl (C=O) groups excluding carboxylic acids is 1. The van der Waals surface area contributed by atoms with E-state index in [-0.39, 0.29) is 12.4 Å². The molecule has 0 unspecified atom stereocenters. The molecule has 0 saturated carbocycles. The van der Waals surface area contributed by atoms with Crippen molar-refractivity contribution in [2.75, 3.05) is 0 Å². The third kappa shape index (κ3) is 4.87. The minimum absolute atomic E-state index is 0. The molecule has 0 atom stereocenters. The van der Waals surface area contributed by atoms with Gasteiger partial charge in [0.1, 0.15) is 5.82 Å². The van der Waals surface area contributed by atoms with Gasteiger partial charge in [0.2, 0.25) is 0 Å². The van der Waals surface area contributed by atoms with Gasteiger partial charge in [0, 0.05) is 30.5 Å². The summed E-state index contributed by atoms with van der Waals surface area (Å²) in [4.78, 5) is 23.3. The van der Waals surface area contributed by atoms with Crippen LogP contribution in [-0.2, 0) is 11.2 Å². The summed E-state index contributed by atoms with van der Waals surface area (Å²) >= 11 is 0. The Hall–Kier alpha value is -3.48. The fourth-order valence-electron chi connectivity index (χ4n) is 3.01. The van der Waals surface area contributed by atoms with E-state index in [4.69, 9.17) is 5.21 Å². The average molecular weight is 407 g/mol. The maximum atomic E-state index is 11.0. The van der Waals surface area contributed by atoms with Gasteiger partial charge >= 0.3 is 0 Å². The number of imidazole rings is 1. The van der Waals surface area contributed by atoms with Crippen LogP contribution in [-0.4, -0.2) is 26.1 Å². The molecule has 29 heavy (non-hydrogen) atoms. The number of rotatable bonds is 5. The number of aromatic amines is 1. The van der Waals surface area contributed by atoms with Crippen molar-refractivity contribution in [2.45, 2.75) is 6.42 Å². The Labute approximate surface area is 173 Å². The Morgan fingerprint density at radius 2 is 1.93 bits per heavy atom. The highest BCUT2D eigenvalue weighted by Gasteiger charge is 2.06. The summed E-state index contributed by atoms with van der Waals surface area (Å²) in [7, 11) is 0. The lowest BCUT2D eigenvalue weighted by Crippen LogP contribution is -2.14. The number of nitrogens with zero attached hydrogens (tertiary/aromatic N) is 2. The van der Waals surface area contributed by atoms with E-state index in [1.54, 1.807) is 17.8 Å². The standard InChI is InChI=1S/C22H18N4O2.ClH/c27-22(26-28)10-7-15-3-5-16(6-4-15)12-21-24-19-9-8-17(13-20(19)25-21)18-2-1-11-23-14-18;/h1-11,13-14,28H,12H2,(H,24,25)(H,26,27);1H/b10-7+;. The third-order valence-corrected chi connectivity index (χ3v) is 4.41. The second-order valence-electron chi connectivity index (χ2n) is 6.38. The first kappa shape index (κ1) is 20.3. The van der Waals surface area contributed by atoms with Crippen molar-refractivity contribution in [2.24, 2.45) is 0 Å². The van der Waals surface area contributed by atoms with Gasteiger partial charge in [-0.15, -0.1) is 12.4 Å². The summed E-state index contributed by atoms with van der Waals surface area (Å²) in [5.74, 6) is 0.332. The number of nitrogens with one attached hydrogen (secondary N) is 2. The third-order valence-electron chi connectivity index (χ3n) is 4.41. The van der Waals surface area contributed by atoms with Gasteiger partial charge < -0.3 is 4.98 Å². The number of hydrogen-bond donors (Lipinski definition) is 3. The van der Waals surface area contributed by atoms with E-state index < -0.39 is 5.91 Å². The molecule has 146 valence electrons. The van der Waals surface area contributed by atoms with Crippen LogP contribution in [0.5, 0.6) is 0 Å². The lowest BCUT2D eigenvalue weighted by atomic mass is 10.1. The molecule has 0 aliphatic rings. The molecule has 7 heteroatoms. The van der Waals surface area contributed by atoms with Crippen molar-refractivity contribution < 1.29 is 10.0 Å². The van der Waals surface area contributed by atoms with E-state index in [9.17, 15) is 4.79 Å². The Bertz CT molecular complexity index is 1140. The van der Waals surface area contributed by atoms with Crippen molar-refractivity contribution in [3.8, 4) is 11.1 Å². The molecule has 0 bridgehead atoms. The molecule has 2 aromatic carbocycles. The molecule has 0 aliphatic heterocycles. The van der Waals surface area contributed by atoms with E-state index in [1.165, 1.54) is 6.08 Å². The van der Waals surface area contributed by atoms with E-state index in [1.807, 2.05) is 54.7 Å². The Morgan fingerprint density at radius 1 is 1.10 bits per heavy atom. The zero-order valence-electron chi connectivity index (χ0n) is 15.4. The summed E-state index contributed by atoms with van der Waals surface area (Å²) < 4.78 is 0. The predicted molar refractivity (Wildman–Crippen MR) is 115 cm³/mol. The van der Waals surface area contributed by atoms with Crippen molar-refractivity contribution in [1.29, 1.82) is 0 Å². The highest BCUT2D eigenvalue weighted by Crippen LogP contribution is 2.23. The lowest BCUT2D eigenvalue weighted by Gasteiger charge is -2.00. The molecule has 4 rings (SSSR count). The van der Waals surface area contributed by atoms with Crippen LogP contribution in [0.15, 0.2) is 73.1 Å².